The molecular weight excluding hydrogens is 481 g/mol. The number of anilines is 2. The highest BCUT2D eigenvalue weighted by Crippen LogP contribution is 2.40. The molecule has 1 aliphatic heterocycles. The first-order valence-corrected chi connectivity index (χ1v) is 11.0. The Hall–Kier alpha value is -3.75. The molecule has 0 unspecified atom stereocenters. The molecule has 2 heterocycles. The Balaban J connectivity index is 1.45. The molecule has 0 amide bonds. The number of carbonyl (C=O) groups is 1. The third-order valence-electron chi connectivity index (χ3n) is 5.15. The van der Waals surface area contributed by atoms with E-state index in [0.717, 1.165) is 11.1 Å². The fourth-order valence-electron chi connectivity index (χ4n) is 3.57. The molecule has 34 heavy (non-hydrogen) atoms. The van der Waals surface area contributed by atoms with Crippen molar-refractivity contribution >= 4 is 57.9 Å². The molecule has 5 rings (SSSR count). The van der Waals surface area contributed by atoms with Gasteiger partial charge in [0, 0.05) is 17.3 Å². The van der Waals surface area contributed by atoms with E-state index < -0.39 is 5.97 Å². The number of carboxylic acid groups (broad SMARTS) is 1. The van der Waals surface area contributed by atoms with Gasteiger partial charge in [-0.2, -0.15) is 0 Å². The van der Waals surface area contributed by atoms with Gasteiger partial charge in [-0.15, -0.1) is 0 Å². The largest absolute Gasteiger partial charge is 0.486 e. The van der Waals surface area contributed by atoms with Crippen LogP contribution < -0.4 is 14.8 Å². The molecule has 4 aromatic rings. The van der Waals surface area contributed by atoms with Gasteiger partial charge in [0.2, 0.25) is 0 Å². The highest BCUT2D eigenvalue weighted by atomic mass is 35.5. The molecule has 0 atom stereocenters. The summed E-state index contributed by atoms with van der Waals surface area (Å²) in [6.45, 7) is 0.676. The number of hydrogen-bond acceptors (Lipinski definition) is 7. The van der Waals surface area contributed by atoms with Crippen LogP contribution in [0.25, 0.3) is 22.1 Å². The molecule has 10 heteroatoms. The highest BCUT2D eigenvalue weighted by Gasteiger charge is 2.17. The Labute approximate surface area is 203 Å². The first-order chi connectivity index (χ1) is 16.5. The van der Waals surface area contributed by atoms with Crippen LogP contribution in [0.1, 0.15) is 5.56 Å². The van der Waals surface area contributed by atoms with Gasteiger partial charge in [-0.05, 0) is 35.9 Å². The van der Waals surface area contributed by atoms with Crippen molar-refractivity contribution in [3.63, 3.8) is 0 Å². The normalized spacial score (nSPS) is 12.9. The Morgan fingerprint density at radius 1 is 1.12 bits per heavy atom. The molecule has 1 aromatic heterocycles. The zero-order chi connectivity index (χ0) is 23.7. The number of fused-ring (bicyclic) bond motifs is 2. The molecule has 0 spiro atoms. The Bertz CT molecular complexity index is 1430. The van der Waals surface area contributed by atoms with Gasteiger partial charge < -0.3 is 24.4 Å². The average molecular weight is 498 g/mol. The van der Waals surface area contributed by atoms with Crippen molar-refractivity contribution in [1.82, 2.24) is 5.16 Å². The van der Waals surface area contributed by atoms with Gasteiger partial charge in [-0.25, -0.2) is 0 Å². The van der Waals surface area contributed by atoms with Gasteiger partial charge >= 0.3 is 5.97 Å². The van der Waals surface area contributed by atoms with Gasteiger partial charge in [-0.1, -0.05) is 46.6 Å². The van der Waals surface area contributed by atoms with Gasteiger partial charge in [-0.3, -0.25) is 9.79 Å². The molecule has 0 aliphatic carbocycles. The number of aliphatic imine (C=N–C) groups is 1. The Morgan fingerprint density at radius 3 is 2.76 bits per heavy atom. The highest BCUT2D eigenvalue weighted by molar-refractivity contribution is 6.36. The number of nitrogens with one attached hydrogen (secondary N) is 1. The molecule has 1 aliphatic rings. The summed E-state index contributed by atoms with van der Waals surface area (Å²) in [5, 5.41) is 17.6. The van der Waals surface area contributed by atoms with Crippen LogP contribution in [-0.4, -0.2) is 42.2 Å². The summed E-state index contributed by atoms with van der Waals surface area (Å²) in [7, 11) is 0. The third-order valence-corrected chi connectivity index (χ3v) is 5.89. The predicted molar refractivity (Wildman–Crippen MR) is 130 cm³/mol. The lowest BCUT2D eigenvalue weighted by Crippen LogP contribution is -2.15. The van der Waals surface area contributed by atoms with E-state index in [4.69, 9.17) is 42.3 Å². The summed E-state index contributed by atoms with van der Waals surface area (Å²) in [5.41, 5.74) is 3.31. The average Bonchev–Trinajstić information content (AvgIpc) is 3.21. The van der Waals surface area contributed by atoms with Gasteiger partial charge in [0.1, 0.15) is 19.8 Å². The number of aromatic nitrogens is 1. The number of halogens is 2. The number of aliphatic carboxylic acids is 1. The van der Waals surface area contributed by atoms with E-state index in [2.05, 4.69) is 15.5 Å². The van der Waals surface area contributed by atoms with E-state index in [0.29, 0.717) is 62.8 Å². The summed E-state index contributed by atoms with van der Waals surface area (Å²) in [5.74, 6) is 0.791. The lowest BCUT2D eigenvalue weighted by atomic mass is 10.0. The van der Waals surface area contributed by atoms with Gasteiger partial charge in [0.15, 0.2) is 22.9 Å². The van der Waals surface area contributed by atoms with Crippen molar-refractivity contribution in [2.24, 2.45) is 4.99 Å². The number of nitrogens with zero attached hydrogens (tertiary/aromatic N) is 2. The van der Waals surface area contributed by atoms with E-state index in [-0.39, 0.29) is 6.54 Å². The molecule has 8 nitrogen and oxygen atoms in total. The number of hydrogen-bond donors (Lipinski definition) is 2. The number of carboxylic acids is 1. The topological polar surface area (TPSA) is 106 Å². The predicted octanol–water partition coefficient (Wildman–Crippen LogP) is 5.82. The van der Waals surface area contributed by atoms with Crippen LogP contribution in [0.3, 0.4) is 0 Å². The van der Waals surface area contributed by atoms with Crippen molar-refractivity contribution in [2.75, 3.05) is 25.1 Å². The van der Waals surface area contributed by atoms with E-state index in [1.807, 2.05) is 36.4 Å². The van der Waals surface area contributed by atoms with Crippen LogP contribution in [0.2, 0.25) is 10.0 Å². The molecule has 2 N–H and O–H groups in total. The number of rotatable bonds is 6. The number of ether oxygens (including phenoxy) is 2. The zero-order valence-electron chi connectivity index (χ0n) is 17.5. The second kappa shape index (κ2) is 9.24. The third kappa shape index (κ3) is 4.37. The standard InChI is InChI=1S/C24H17Cl2N3O5/c25-17-10-16-20(9-14(17)11-27-12-22(30)31)34-29-24(16)28-18-3-1-2-15(23(18)26)13-4-5-19-21(8-13)33-7-6-32-19/h1-5,8-11H,6-7,12H2,(H,28,29)(H,30,31). The van der Waals surface area contributed by atoms with Crippen LogP contribution >= 0.6 is 23.2 Å². The Morgan fingerprint density at radius 2 is 1.94 bits per heavy atom. The maximum atomic E-state index is 10.7. The van der Waals surface area contributed by atoms with Crippen molar-refractivity contribution in [3.05, 3.63) is 64.1 Å². The molecule has 172 valence electrons. The van der Waals surface area contributed by atoms with E-state index >= 15 is 0 Å². The molecule has 0 saturated heterocycles. The second-order valence-electron chi connectivity index (χ2n) is 7.42. The second-order valence-corrected chi connectivity index (χ2v) is 8.20. The smallest absolute Gasteiger partial charge is 0.325 e. The zero-order valence-corrected chi connectivity index (χ0v) is 19.1. The SMILES string of the molecule is O=C(O)CN=Cc1cc2onc(Nc3cccc(-c4ccc5c(c4)OCCO5)c3Cl)c2cc1Cl. The van der Waals surface area contributed by atoms with Crippen LogP contribution in [0.5, 0.6) is 11.5 Å². The first-order valence-electron chi connectivity index (χ1n) is 10.3. The molecule has 0 bridgehead atoms. The van der Waals surface area contributed by atoms with Crippen molar-refractivity contribution in [3.8, 4) is 22.6 Å². The van der Waals surface area contributed by atoms with Gasteiger partial charge in [0.05, 0.1) is 21.1 Å². The molecular formula is C24H17Cl2N3O5. The fraction of sp³-hybridized carbons (Fsp3) is 0.125. The first kappa shape index (κ1) is 22.1. The Kier molecular flexibility index (Phi) is 6.00. The van der Waals surface area contributed by atoms with Crippen LogP contribution in [0.15, 0.2) is 58.0 Å². The monoisotopic (exact) mass is 497 g/mol. The molecule has 0 radical (unpaired) electrons. The van der Waals surface area contributed by atoms with E-state index in [9.17, 15) is 4.79 Å². The minimum Gasteiger partial charge on any atom is -0.486 e. The summed E-state index contributed by atoms with van der Waals surface area (Å²) in [4.78, 5) is 14.5. The lowest BCUT2D eigenvalue weighted by Gasteiger charge is -2.19. The molecule has 3 aromatic carbocycles. The van der Waals surface area contributed by atoms with E-state index in [1.54, 1.807) is 12.1 Å². The summed E-state index contributed by atoms with van der Waals surface area (Å²) in [6.07, 6.45) is 1.39. The van der Waals surface area contributed by atoms with Crippen molar-refractivity contribution in [1.29, 1.82) is 0 Å². The lowest BCUT2D eigenvalue weighted by molar-refractivity contribution is -0.135. The minimum absolute atomic E-state index is 0.351. The van der Waals surface area contributed by atoms with Gasteiger partial charge in [0.25, 0.3) is 0 Å². The summed E-state index contributed by atoms with van der Waals surface area (Å²) >= 11 is 13.1. The maximum Gasteiger partial charge on any atom is 0.325 e. The summed E-state index contributed by atoms with van der Waals surface area (Å²) in [6, 6.07) is 14.6. The fourth-order valence-corrected chi connectivity index (χ4v) is 4.07. The van der Waals surface area contributed by atoms with Crippen LogP contribution in [0.4, 0.5) is 11.5 Å². The minimum atomic E-state index is -1.03. The van der Waals surface area contributed by atoms with Crippen molar-refractivity contribution in [2.45, 2.75) is 0 Å². The quantitative estimate of drug-likeness (QED) is 0.323. The number of benzene rings is 3. The van der Waals surface area contributed by atoms with E-state index in [1.165, 1.54) is 6.21 Å². The summed E-state index contributed by atoms with van der Waals surface area (Å²) < 4.78 is 16.7. The van der Waals surface area contributed by atoms with Crippen LogP contribution in [0, 0.1) is 0 Å². The maximum absolute atomic E-state index is 10.7. The molecule has 0 fully saturated rings. The van der Waals surface area contributed by atoms with Crippen LogP contribution in [-0.2, 0) is 4.79 Å². The molecule has 0 saturated carbocycles. The van der Waals surface area contributed by atoms with Crippen molar-refractivity contribution < 1.29 is 23.9 Å².